The van der Waals surface area contributed by atoms with Crippen molar-refractivity contribution in [1.82, 2.24) is 4.98 Å². The number of hydrogen-bond acceptors (Lipinski definition) is 3. The van der Waals surface area contributed by atoms with Gasteiger partial charge in [0.05, 0.1) is 11.4 Å². The van der Waals surface area contributed by atoms with E-state index >= 15 is 0 Å². The van der Waals surface area contributed by atoms with Crippen LogP contribution < -0.4 is 4.90 Å². The zero-order chi connectivity index (χ0) is 23.9. The summed E-state index contributed by atoms with van der Waals surface area (Å²) >= 11 is 6.07. The van der Waals surface area contributed by atoms with E-state index in [2.05, 4.69) is 22.1 Å². The summed E-state index contributed by atoms with van der Waals surface area (Å²) in [5, 5.41) is 12.0. The summed E-state index contributed by atoms with van der Waals surface area (Å²) in [5.74, 6) is -0.0453. The van der Waals surface area contributed by atoms with Crippen LogP contribution in [0.25, 0.3) is 22.0 Å². The number of carbonyl (C=O) groups excluding carboxylic acids is 1. The first-order chi connectivity index (χ1) is 17.1. The van der Waals surface area contributed by atoms with Gasteiger partial charge in [0.1, 0.15) is 12.3 Å². The summed E-state index contributed by atoms with van der Waals surface area (Å²) in [5.41, 5.74) is 6.81. The van der Waals surface area contributed by atoms with E-state index in [1.807, 2.05) is 54.7 Å². The molecule has 0 spiro atoms. The van der Waals surface area contributed by atoms with E-state index in [9.17, 15) is 9.90 Å². The molecule has 1 amide bonds. The first-order valence-electron chi connectivity index (χ1n) is 11.2. The number of halogens is 1. The molecule has 5 nitrogen and oxygen atoms in total. The summed E-state index contributed by atoms with van der Waals surface area (Å²) in [7, 11) is 0. The Hall–Kier alpha value is -4.35. The Bertz CT molecular complexity index is 1600. The van der Waals surface area contributed by atoms with Gasteiger partial charge in [-0.15, -0.1) is 0 Å². The lowest BCUT2D eigenvalue weighted by molar-refractivity contribution is -0.116. The molecule has 0 saturated heterocycles. The first kappa shape index (κ1) is 21.2. The molecule has 0 bridgehead atoms. The SMILES string of the molecule is O=C1CN=C(c2ccc(Cl)cc2)c2cc(O)ccc2N1c1ccc(-c2cccc3[nH]ccc23)cc1. The standard InChI is InChI=1S/C29H20ClN3O2/c30-20-8-4-19(5-9-20)29-25-16-22(34)12-13-27(25)33(28(35)17-32-29)21-10-6-18(7-11-21)23-2-1-3-26-24(23)14-15-31-26/h1-16,31,34H,17H2. The summed E-state index contributed by atoms with van der Waals surface area (Å²) in [6.45, 7) is -0.0161. The molecule has 1 aliphatic heterocycles. The third-order valence-electron chi connectivity index (χ3n) is 6.25. The van der Waals surface area contributed by atoms with Crippen LogP contribution in [0.2, 0.25) is 5.02 Å². The second-order valence-electron chi connectivity index (χ2n) is 8.39. The molecule has 5 aromatic rings. The summed E-state index contributed by atoms with van der Waals surface area (Å²) in [4.78, 5) is 22.9. The number of anilines is 2. The molecule has 1 aliphatic rings. The van der Waals surface area contributed by atoms with E-state index in [0.29, 0.717) is 22.0 Å². The lowest BCUT2D eigenvalue weighted by Crippen LogP contribution is -2.27. The number of benzene rings is 4. The molecule has 0 unspecified atom stereocenters. The van der Waals surface area contributed by atoms with Crippen molar-refractivity contribution in [2.24, 2.45) is 4.99 Å². The van der Waals surface area contributed by atoms with Gasteiger partial charge in [0.2, 0.25) is 0 Å². The van der Waals surface area contributed by atoms with E-state index in [4.69, 9.17) is 11.6 Å². The van der Waals surface area contributed by atoms with Gasteiger partial charge in [-0.05, 0) is 65.7 Å². The van der Waals surface area contributed by atoms with Crippen LogP contribution in [-0.4, -0.2) is 28.3 Å². The minimum atomic E-state index is -0.151. The molecule has 2 N–H and O–H groups in total. The number of fused-ring (bicyclic) bond motifs is 2. The predicted molar refractivity (Wildman–Crippen MR) is 141 cm³/mol. The topological polar surface area (TPSA) is 68.7 Å². The molecule has 0 fully saturated rings. The summed E-state index contributed by atoms with van der Waals surface area (Å²) in [6, 6.07) is 28.5. The van der Waals surface area contributed by atoms with Crippen LogP contribution in [0.5, 0.6) is 5.75 Å². The fraction of sp³-hybridized carbons (Fsp3) is 0.0345. The van der Waals surface area contributed by atoms with Crippen molar-refractivity contribution in [3.8, 4) is 16.9 Å². The van der Waals surface area contributed by atoms with Gasteiger partial charge in [-0.1, -0.05) is 48.0 Å². The Morgan fingerprint density at radius 1 is 0.857 bits per heavy atom. The first-order valence-corrected chi connectivity index (χ1v) is 11.6. The van der Waals surface area contributed by atoms with Crippen LogP contribution in [-0.2, 0) is 4.79 Å². The minimum absolute atomic E-state index is 0.0161. The van der Waals surface area contributed by atoms with Crippen molar-refractivity contribution in [3.63, 3.8) is 0 Å². The molecule has 6 rings (SSSR count). The molecular weight excluding hydrogens is 458 g/mol. The van der Waals surface area contributed by atoms with Crippen LogP contribution in [0.1, 0.15) is 11.1 Å². The fourth-order valence-corrected chi connectivity index (χ4v) is 4.74. The van der Waals surface area contributed by atoms with E-state index in [1.165, 1.54) is 0 Å². The summed E-state index contributed by atoms with van der Waals surface area (Å²) < 4.78 is 0. The second kappa shape index (κ2) is 8.46. The number of hydrogen-bond donors (Lipinski definition) is 2. The average Bonchev–Trinajstić information content (AvgIpc) is 3.31. The number of phenolic OH excluding ortho intramolecular Hbond substituents is 1. The van der Waals surface area contributed by atoms with E-state index < -0.39 is 0 Å². The molecule has 170 valence electrons. The molecular formula is C29H20ClN3O2. The molecule has 4 aromatic carbocycles. The van der Waals surface area contributed by atoms with Crippen molar-refractivity contribution in [1.29, 1.82) is 0 Å². The van der Waals surface area contributed by atoms with Crippen molar-refractivity contribution in [3.05, 3.63) is 113 Å². The average molecular weight is 478 g/mol. The van der Waals surface area contributed by atoms with Gasteiger partial charge in [0.25, 0.3) is 5.91 Å². The maximum Gasteiger partial charge on any atom is 0.253 e. The van der Waals surface area contributed by atoms with Gasteiger partial charge >= 0.3 is 0 Å². The number of aromatic amines is 1. The highest BCUT2D eigenvalue weighted by atomic mass is 35.5. The van der Waals surface area contributed by atoms with Gasteiger partial charge in [-0.25, -0.2) is 0 Å². The molecule has 1 aromatic heterocycles. The monoisotopic (exact) mass is 477 g/mol. The van der Waals surface area contributed by atoms with Gasteiger partial charge < -0.3 is 10.1 Å². The highest BCUT2D eigenvalue weighted by molar-refractivity contribution is 6.31. The van der Waals surface area contributed by atoms with Crippen molar-refractivity contribution >= 4 is 45.5 Å². The Morgan fingerprint density at radius 2 is 1.63 bits per heavy atom. The van der Waals surface area contributed by atoms with Gasteiger partial charge in [-0.2, -0.15) is 0 Å². The number of benzodiazepines with no additional fused rings is 1. The number of aliphatic imine (C=N–C) groups is 1. The zero-order valence-electron chi connectivity index (χ0n) is 18.6. The van der Waals surface area contributed by atoms with E-state index in [1.54, 1.807) is 35.2 Å². The molecule has 0 radical (unpaired) electrons. The maximum absolute atomic E-state index is 13.3. The number of nitrogens with zero attached hydrogens (tertiary/aromatic N) is 2. The van der Waals surface area contributed by atoms with Crippen LogP contribution >= 0.6 is 11.6 Å². The van der Waals surface area contributed by atoms with Gasteiger partial charge in [0, 0.05) is 38.9 Å². The lowest BCUT2D eigenvalue weighted by Gasteiger charge is -2.23. The number of H-pyrrole nitrogens is 1. The molecule has 0 atom stereocenters. The van der Waals surface area contributed by atoms with Crippen molar-refractivity contribution < 1.29 is 9.90 Å². The maximum atomic E-state index is 13.3. The fourth-order valence-electron chi connectivity index (χ4n) is 4.61. The highest BCUT2D eigenvalue weighted by Gasteiger charge is 2.27. The second-order valence-corrected chi connectivity index (χ2v) is 8.83. The number of carbonyl (C=O) groups is 1. The van der Waals surface area contributed by atoms with Crippen molar-refractivity contribution in [2.75, 3.05) is 11.4 Å². The smallest absolute Gasteiger partial charge is 0.253 e. The Balaban J connectivity index is 1.44. The number of aromatic nitrogens is 1. The Kier molecular flexibility index (Phi) is 5.12. The molecule has 6 heteroatoms. The number of nitrogens with one attached hydrogen (secondary N) is 1. The lowest BCUT2D eigenvalue weighted by atomic mass is 9.99. The van der Waals surface area contributed by atoms with E-state index in [-0.39, 0.29) is 18.2 Å². The predicted octanol–water partition coefficient (Wildman–Crippen LogP) is 6.71. The molecule has 0 aliphatic carbocycles. The Morgan fingerprint density at radius 3 is 2.43 bits per heavy atom. The number of phenols is 1. The number of amides is 1. The zero-order valence-corrected chi connectivity index (χ0v) is 19.3. The van der Waals surface area contributed by atoms with Crippen molar-refractivity contribution in [2.45, 2.75) is 0 Å². The van der Waals surface area contributed by atoms with Gasteiger partial charge in [0.15, 0.2) is 0 Å². The van der Waals surface area contributed by atoms with Crippen LogP contribution in [0.4, 0.5) is 11.4 Å². The largest absolute Gasteiger partial charge is 0.508 e. The van der Waals surface area contributed by atoms with Crippen LogP contribution in [0.3, 0.4) is 0 Å². The third kappa shape index (κ3) is 3.76. The Labute approximate surface area is 206 Å². The van der Waals surface area contributed by atoms with Crippen LogP contribution in [0, 0.1) is 0 Å². The quantitative estimate of drug-likeness (QED) is 0.303. The molecule has 0 saturated carbocycles. The number of rotatable bonds is 3. The minimum Gasteiger partial charge on any atom is -0.508 e. The van der Waals surface area contributed by atoms with E-state index in [0.717, 1.165) is 33.3 Å². The number of aromatic hydroxyl groups is 1. The van der Waals surface area contributed by atoms with Gasteiger partial charge in [-0.3, -0.25) is 14.7 Å². The third-order valence-corrected chi connectivity index (χ3v) is 6.50. The summed E-state index contributed by atoms with van der Waals surface area (Å²) in [6.07, 6.45) is 1.93. The normalized spacial score (nSPS) is 13.5. The molecule has 35 heavy (non-hydrogen) atoms. The molecule has 2 heterocycles. The van der Waals surface area contributed by atoms with Crippen LogP contribution in [0.15, 0.2) is 102 Å². The highest BCUT2D eigenvalue weighted by Crippen LogP contribution is 2.36.